The Morgan fingerprint density at radius 1 is 1.03 bits per heavy atom. The number of benzene rings is 1. The summed E-state index contributed by atoms with van der Waals surface area (Å²) in [6, 6.07) is 9.24. The minimum Gasteiger partial charge on any atom is -0.462 e. The molecule has 10 nitrogen and oxygen atoms in total. The maximum absolute atomic E-state index is 11.7. The second-order valence-electron chi connectivity index (χ2n) is 6.98. The highest BCUT2D eigenvalue weighted by molar-refractivity contribution is 5.67. The smallest absolute Gasteiger partial charge is 0.303 e. The summed E-state index contributed by atoms with van der Waals surface area (Å²) in [4.78, 5) is 34.5. The molecule has 1 aromatic carbocycles. The van der Waals surface area contributed by atoms with Crippen molar-refractivity contribution in [2.24, 2.45) is 0 Å². The quantitative estimate of drug-likeness (QED) is 0.434. The molecule has 10 heteroatoms. The summed E-state index contributed by atoms with van der Waals surface area (Å²) in [5, 5.41) is 11.0. The molecule has 1 saturated heterocycles. The standard InChI is InChI=1S/C21H28O10/c1-12(22)27-11-16(29-13(2)23)18-19(30-14(3)24)17(25)20(21(26-4)31-18)28-10-15-8-6-5-7-9-15/h5-9,16-21,25H,10-11H2,1-4H3/t16-,17-,18+,19-,20-,21+/m0/s1. The van der Waals surface area contributed by atoms with Crippen LogP contribution in [0.2, 0.25) is 0 Å². The van der Waals surface area contributed by atoms with Crippen LogP contribution in [0.4, 0.5) is 0 Å². The first-order valence-electron chi connectivity index (χ1n) is 9.72. The van der Waals surface area contributed by atoms with Gasteiger partial charge in [0.1, 0.15) is 24.9 Å². The van der Waals surface area contributed by atoms with Crippen molar-refractivity contribution in [3.63, 3.8) is 0 Å². The van der Waals surface area contributed by atoms with E-state index in [0.717, 1.165) is 5.56 Å². The van der Waals surface area contributed by atoms with Crippen molar-refractivity contribution in [2.75, 3.05) is 13.7 Å². The van der Waals surface area contributed by atoms with Crippen LogP contribution in [0, 0.1) is 0 Å². The third kappa shape index (κ3) is 7.28. The summed E-state index contributed by atoms with van der Waals surface area (Å²) in [7, 11) is 1.35. The third-order valence-corrected chi connectivity index (χ3v) is 4.51. The van der Waals surface area contributed by atoms with E-state index in [0.29, 0.717) is 0 Å². The van der Waals surface area contributed by atoms with Crippen LogP contribution >= 0.6 is 0 Å². The highest BCUT2D eigenvalue weighted by Gasteiger charge is 2.52. The molecule has 0 aromatic heterocycles. The summed E-state index contributed by atoms with van der Waals surface area (Å²) in [5.74, 6) is -1.97. The van der Waals surface area contributed by atoms with Gasteiger partial charge in [0.05, 0.1) is 6.61 Å². The molecule has 6 atom stereocenters. The van der Waals surface area contributed by atoms with Gasteiger partial charge in [0, 0.05) is 27.9 Å². The first-order valence-corrected chi connectivity index (χ1v) is 9.72. The molecule has 1 aliphatic rings. The van der Waals surface area contributed by atoms with Crippen molar-refractivity contribution in [3.05, 3.63) is 35.9 Å². The van der Waals surface area contributed by atoms with Gasteiger partial charge in [-0.1, -0.05) is 30.3 Å². The van der Waals surface area contributed by atoms with Gasteiger partial charge in [0.15, 0.2) is 18.5 Å². The van der Waals surface area contributed by atoms with E-state index in [1.165, 1.54) is 27.9 Å². The number of aliphatic hydroxyl groups is 1. The van der Waals surface area contributed by atoms with Gasteiger partial charge in [-0.2, -0.15) is 0 Å². The molecule has 2 rings (SSSR count). The Labute approximate surface area is 180 Å². The SMILES string of the molecule is CO[C@@H]1O[C@H]([C@H](COC(C)=O)OC(C)=O)[C@@H](OC(C)=O)[C@H](O)[C@@H]1OCc1ccccc1. The number of esters is 3. The zero-order chi connectivity index (χ0) is 23.0. The van der Waals surface area contributed by atoms with Crippen LogP contribution < -0.4 is 0 Å². The van der Waals surface area contributed by atoms with Crippen LogP contribution in [0.15, 0.2) is 30.3 Å². The Hall–Kier alpha value is -2.53. The van der Waals surface area contributed by atoms with Crippen LogP contribution in [-0.2, 0) is 49.4 Å². The zero-order valence-corrected chi connectivity index (χ0v) is 17.9. The van der Waals surface area contributed by atoms with Crippen molar-refractivity contribution < 1.29 is 47.9 Å². The van der Waals surface area contributed by atoms with Crippen molar-refractivity contribution in [3.8, 4) is 0 Å². The lowest BCUT2D eigenvalue weighted by molar-refractivity contribution is -0.318. The van der Waals surface area contributed by atoms with Gasteiger partial charge >= 0.3 is 17.9 Å². The van der Waals surface area contributed by atoms with E-state index in [9.17, 15) is 19.5 Å². The van der Waals surface area contributed by atoms with E-state index < -0.39 is 54.7 Å². The average Bonchev–Trinajstić information content (AvgIpc) is 2.71. The summed E-state index contributed by atoms with van der Waals surface area (Å²) < 4.78 is 32.5. The molecule has 31 heavy (non-hydrogen) atoms. The Morgan fingerprint density at radius 3 is 2.26 bits per heavy atom. The minimum atomic E-state index is -1.38. The van der Waals surface area contributed by atoms with E-state index in [-0.39, 0.29) is 13.2 Å². The fraction of sp³-hybridized carbons (Fsp3) is 0.571. The lowest BCUT2D eigenvalue weighted by Gasteiger charge is -2.44. The Morgan fingerprint density at radius 2 is 1.71 bits per heavy atom. The van der Waals surface area contributed by atoms with E-state index in [1.54, 1.807) is 0 Å². The Balaban J connectivity index is 2.26. The van der Waals surface area contributed by atoms with Crippen molar-refractivity contribution in [2.45, 2.75) is 64.2 Å². The monoisotopic (exact) mass is 440 g/mol. The van der Waals surface area contributed by atoms with Crippen LogP contribution in [0.25, 0.3) is 0 Å². The highest BCUT2D eigenvalue weighted by atomic mass is 16.7. The predicted octanol–water partition coefficient (Wildman–Crippen LogP) is 0.731. The van der Waals surface area contributed by atoms with Gasteiger partial charge in [-0.15, -0.1) is 0 Å². The normalized spacial score (nSPS) is 26.5. The van der Waals surface area contributed by atoms with Gasteiger partial charge in [-0.25, -0.2) is 0 Å². The van der Waals surface area contributed by atoms with Crippen molar-refractivity contribution >= 4 is 17.9 Å². The number of aliphatic hydroxyl groups excluding tert-OH is 1. The van der Waals surface area contributed by atoms with Crippen LogP contribution in [0.1, 0.15) is 26.3 Å². The molecular formula is C21H28O10. The topological polar surface area (TPSA) is 127 Å². The number of carbonyl (C=O) groups excluding carboxylic acids is 3. The maximum Gasteiger partial charge on any atom is 0.303 e. The zero-order valence-electron chi connectivity index (χ0n) is 17.9. The number of hydrogen-bond donors (Lipinski definition) is 1. The molecule has 1 fully saturated rings. The van der Waals surface area contributed by atoms with Gasteiger partial charge in [0.2, 0.25) is 0 Å². The summed E-state index contributed by atoms with van der Waals surface area (Å²) in [5.41, 5.74) is 0.850. The molecule has 0 radical (unpaired) electrons. The van der Waals surface area contributed by atoms with Crippen molar-refractivity contribution in [1.29, 1.82) is 0 Å². The van der Waals surface area contributed by atoms with Gasteiger partial charge in [0.25, 0.3) is 0 Å². The van der Waals surface area contributed by atoms with Gasteiger partial charge in [-0.3, -0.25) is 14.4 Å². The molecule has 172 valence electrons. The van der Waals surface area contributed by atoms with Crippen LogP contribution in [-0.4, -0.2) is 73.5 Å². The van der Waals surface area contributed by atoms with Crippen molar-refractivity contribution in [1.82, 2.24) is 0 Å². The first kappa shape index (κ1) is 24.7. The molecule has 0 aliphatic carbocycles. The largest absolute Gasteiger partial charge is 0.462 e. The summed E-state index contributed by atoms with van der Waals surface area (Å²) in [6.07, 6.45) is -7.09. The fourth-order valence-corrected chi connectivity index (χ4v) is 3.22. The molecule has 0 spiro atoms. The van der Waals surface area contributed by atoms with Gasteiger partial charge in [-0.05, 0) is 5.56 Å². The van der Waals surface area contributed by atoms with E-state index in [1.807, 2.05) is 30.3 Å². The minimum absolute atomic E-state index is 0.143. The molecule has 0 unspecified atom stereocenters. The highest BCUT2D eigenvalue weighted by Crippen LogP contribution is 2.30. The lowest BCUT2D eigenvalue weighted by atomic mass is 9.94. The van der Waals surface area contributed by atoms with Crippen LogP contribution in [0.5, 0.6) is 0 Å². The molecule has 0 bridgehead atoms. The molecule has 1 aliphatic heterocycles. The predicted molar refractivity (Wildman–Crippen MR) is 104 cm³/mol. The molecule has 1 N–H and O–H groups in total. The molecule has 1 aromatic rings. The molecule has 0 saturated carbocycles. The van der Waals surface area contributed by atoms with E-state index in [2.05, 4.69) is 0 Å². The van der Waals surface area contributed by atoms with Gasteiger partial charge < -0.3 is 33.5 Å². The second-order valence-corrected chi connectivity index (χ2v) is 6.98. The maximum atomic E-state index is 11.7. The summed E-state index contributed by atoms with van der Waals surface area (Å²) in [6.45, 7) is 3.30. The van der Waals surface area contributed by atoms with E-state index in [4.69, 9.17) is 28.4 Å². The number of methoxy groups -OCH3 is 1. The number of carbonyl (C=O) groups is 3. The average molecular weight is 440 g/mol. The summed E-state index contributed by atoms with van der Waals surface area (Å²) >= 11 is 0. The first-order chi connectivity index (χ1) is 14.7. The van der Waals surface area contributed by atoms with Crippen LogP contribution in [0.3, 0.4) is 0 Å². The Bertz CT molecular complexity index is 737. The molecule has 1 heterocycles. The third-order valence-electron chi connectivity index (χ3n) is 4.51. The lowest BCUT2D eigenvalue weighted by Crippen LogP contribution is -2.63. The number of hydrogen-bond acceptors (Lipinski definition) is 10. The van der Waals surface area contributed by atoms with E-state index >= 15 is 0 Å². The number of rotatable bonds is 9. The Kier molecular flexibility index (Phi) is 9.38. The molecular weight excluding hydrogens is 412 g/mol. The number of ether oxygens (including phenoxy) is 6. The molecule has 0 amide bonds. The second kappa shape index (κ2) is 11.8. The fourth-order valence-electron chi connectivity index (χ4n) is 3.22.